The van der Waals surface area contributed by atoms with Gasteiger partial charge >= 0.3 is 12.0 Å². The van der Waals surface area contributed by atoms with Crippen molar-refractivity contribution in [2.45, 2.75) is 0 Å². The van der Waals surface area contributed by atoms with Crippen LogP contribution >= 0.6 is 15.9 Å². The van der Waals surface area contributed by atoms with Gasteiger partial charge in [0, 0.05) is 17.6 Å². The van der Waals surface area contributed by atoms with Crippen LogP contribution in [0.4, 0.5) is 10.5 Å². The van der Waals surface area contributed by atoms with Gasteiger partial charge in [0.2, 0.25) is 0 Å². The molecule has 2 N–H and O–H groups in total. The fraction of sp³-hybridized carbons (Fsp3) is 0.250. The van der Waals surface area contributed by atoms with Crippen molar-refractivity contribution in [3.05, 3.63) is 28.2 Å². The molecule has 1 aromatic carbocycles. The molecule has 0 spiro atoms. The Labute approximate surface area is 117 Å². The predicted octanol–water partition coefficient (Wildman–Crippen LogP) is 1.87. The highest BCUT2D eigenvalue weighted by Gasteiger charge is 2.35. The fourth-order valence-electron chi connectivity index (χ4n) is 1.71. The van der Waals surface area contributed by atoms with Crippen LogP contribution < -0.4 is 5.32 Å². The van der Waals surface area contributed by atoms with Gasteiger partial charge in [-0.25, -0.2) is 4.79 Å². The fourth-order valence-corrected chi connectivity index (χ4v) is 2.07. The maximum atomic E-state index is 11.8. The summed E-state index contributed by atoms with van der Waals surface area (Å²) in [7, 11) is 0. The molecule has 0 saturated carbocycles. The monoisotopic (exact) mass is 323 g/mol. The average Bonchev–Trinajstić information content (AvgIpc) is 2.28. The zero-order chi connectivity index (χ0) is 14.0. The minimum Gasteiger partial charge on any atom is -0.481 e. The molecule has 1 aromatic rings. The third-order valence-corrected chi connectivity index (χ3v) is 3.35. The van der Waals surface area contributed by atoms with E-state index in [4.69, 9.17) is 10.4 Å². The zero-order valence-electron chi connectivity index (χ0n) is 9.76. The second kappa shape index (κ2) is 5.28. The van der Waals surface area contributed by atoms with E-state index in [1.165, 1.54) is 4.90 Å². The molecule has 0 bridgehead atoms. The van der Waals surface area contributed by atoms with E-state index in [-0.39, 0.29) is 13.1 Å². The minimum absolute atomic E-state index is 0.194. The number of nitrogens with one attached hydrogen (secondary N) is 1. The molecule has 2 rings (SSSR count). The molecule has 6 nitrogen and oxygen atoms in total. The number of hydrogen-bond acceptors (Lipinski definition) is 3. The number of aliphatic carboxylic acids is 1. The van der Waals surface area contributed by atoms with Crippen LogP contribution in [0.15, 0.2) is 22.7 Å². The summed E-state index contributed by atoms with van der Waals surface area (Å²) in [4.78, 5) is 23.8. The Balaban J connectivity index is 2.01. The largest absolute Gasteiger partial charge is 0.481 e. The molecule has 1 heterocycles. The van der Waals surface area contributed by atoms with Gasteiger partial charge in [-0.1, -0.05) is 15.9 Å². The van der Waals surface area contributed by atoms with Crippen molar-refractivity contribution in [3.63, 3.8) is 0 Å². The number of hydrogen-bond donors (Lipinski definition) is 2. The summed E-state index contributed by atoms with van der Waals surface area (Å²) in [5.41, 5.74) is 0.757. The van der Waals surface area contributed by atoms with Gasteiger partial charge in [-0.3, -0.25) is 4.79 Å². The van der Waals surface area contributed by atoms with Crippen LogP contribution in [0.5, 0.6) is 0 Å². The second-order valence-corrected chi connectivity index (χ2v) is 5.09. The Hall–Kier alpha value is -2.07. The lowest BCUT2D eigenvalue weighted by atomic mass is 10.0. The van der Waals surface area contributed by atoms with E-state index in [1.807, 2.05) is 6.07 Å². The van der Waals surface area contributed by atoms with Crippen molar-refractivity contribution in [1.29, 1.82) is 5.26 Å². The Bertz CT molecular complexity index is 576. The van der Waals surface area contributed by atoms with Crippen molar-refractivity contribution >= 4 is 33.6 Å². The first-order valence-electron chi connectivity index (χ1n) is 5.49. The summed E-state index contributed by atoms with van der Waals surface area (Å²) in [6.07, 6.45) is 0. The van der Waals surface area contributed by atoms with Gasteiger partial charge in [0.15, 0.2) is 0 Å². The van der Waals surface area contributed by atoms with Crippen LogP contribution in [0.3, 0.4) is 0 Å². The Kier molecular flexibility index (Phi) is 3.71. The minimum atomic E-state index is -0.898. The van der Waals surface area contributed by atoms with Crippen LogP contribution in [-0.2, 0) is 4.79 Å². The number of urea groups is 1. The molecule has 1 saturated heterocycles. The summed E-state index contributed by atoms with van der Waals surface area (Å²) in [6, 6.07) is 6.53. The SMILES string of the molecule is N#Cc1cc(Br)ccc1NC(=O)N1CC(C(=O)O)C1. The van der Waals surface area contributed by atoms with Gasteiger partial charge in [-0.2, -0.15) is 5.26 Å². The number of amides is 2. The molecule has 7 heteroatoms. The van der Waals surface area contributed by atoms with Crippen molar-refractivity contribution in [3.8, 4) is 6.07 Å². The molecular weight excluding hydrogens is 314 g/mol. The van der Waals surface area contributed by atoms with E-state index < -0.39 is 17.9 Å². The Morgan fingerprint density at radius 2 is 2.16 bits per heavy atom. The van der Waals surface area contributed by atoms with Gasteiger partial charge in [0.25, 0.3) is 0 Å². The smallest absolute Gasteiger partial charge is 0.321 e. The highest BCUT2D eigenvalue weighted by Crippen LogP contribution is 2.22. The zero-order valence-corrected chi connectivity index (χ0v) is 11.3. The van der Waals surface area contributed by atoms with Gasteiger partial charge in [0.1, 0.15) is 6.07 Å². The predicted molar refractivity (Wildman–Crippen MR) is 70.6 cm³/mol. The number of anilines is 1. The molecule has 1 aliphatic rings. The summed E-state index contributed by atoms with van der Waals surface area (Å²) in [6.45, 7) is 0.388. The van der Waals surface area contributed by atoms with E-state index in [9.17, 15) is 9.59 Å². The summed E-state index contributed by atoms with van der Waals surface area (Å²) >= 11 is 3.24. The van der Waals surface area contributed by atoms with Crippen molar-refractivity contribution in [1.82, 2.24) is 4.90 Å². The lowest BCUT2D eigenvalue weighted by Crippen LogP contribution is -2.54. The number of likely N-dealkylation sites (tertiary alicyclic amines) is 1. The molecule has 0 aromatic heterocycles. The van der Waals surface area contributed by atoms with Gasteiger partial charge < -0.3 is 15.3 Å². The highest BCUT2D eigenvalue weighted by molar-refractivity contribution is 9.10. The van der Waals surface area contributed by atoms with Crippen LogP contribution in [0, 0.1) is 17.2 Å². The maximum Gasteiger partial charge on any atom is 0.321 e. The van der Waals surface area contributed by atoms with Crippen LogP contribution in [-0.4, -0.2) is 35.1 Å². The van der Waals surface area contributed by atoms with Crippen molar-refractivity contribution < 1.29 is 14.7 Å². The topological polar surface area (TPSA) is 93.4 Å². The number of carbonyl (C=O) groups excluding carboxylic acids is 1. The normalized spacial score (nSPS) is 14.4. The van der Waals surface area contributed by atoms with E-state index in [1.54, 1.807) is 18.2 Å². The van der Waals surface area contributed by atoms with Gasteiger partial charge in [-0.05, 0) is 18.2 Å². The third kappa shape index (κ3) is 2.85. The quantitative estimate of drug-likeness (QED) is 0.868. The number of carboxylic acid groups (broad SMARTS) is 1. The first-order chi connectivity index (χ1) is 9.01. The summed E-state index contributed by atoms with van der Waals surface area (Å²) in [5.74, 6) is -1.39. The molecule has 0 atom stereocenters. The molecule has 1 aliphatic heterocycles. The number of nitrogens with zero attached hydrogens (tertiary/aromatic N) is 2. The Morgan fingerprint density at radius 1 is 1.47 bits per heavy atom. The summed E-state index contributed by atoms with van der Waals surface area (Å²) in [5, 5.41) is 20.3. The number of carboxylic acids is 1. The number of nitriles is 1. The van der Waals surface area contributed by atoms with Crippen molar-refractivity contribution in [2.24, 2.45) is 5.92 Å². The van der Waals surface area contributed by atoms with Crippen LogP contribution in [0.25, 0.3) is 0 Å². The molecule has 0 aliphatic carbocycles. The first kappa shape index (κ1) is 13.4. The van der Waals surface area contributed by atoms with E-state index >= 15 is 0 Å². The lowest BCUT2D eigenvalue weighted by molar-refractivity contribution is -0.145. The number of halogens is 1. The number of carbonyl (C=O) groups is 2. The van der Waals surface area contributed by atoms with E-state index in [0.717, 1.165) is 4.47 Å². The van der Waals surface area contributed by atoms with Crippen LogP contribution in [0.1, 0.15) is 5.56 Å². The van der Waals surface area contributed by atoms with Gasteiger partial charge in [0.05, 0.1) is 17.2 Å². The standard InChI is InChI=1S/C12H10BrN3O3/c13-9-1-2-10(7(3-9)4-14)15-12(19)16-5-8(6-16)11(17)18/h1-3,8H,5-6H2,(H,15,19)(H,17,18). The summed E-state index contributed by atoms with van der Waals surface area (Å²) < 4.78 is 0.747. The maximum absolute atomic E-state index is 11.8. The molecule has 1 fully saturated rings. The molecule has 0 unspecified atom stereocenters. The average molecular weight is 324 g/mol. The van der Waals surface area contributed by atoms with Crippen molar-refractivity contribution in [2.75, 3.05) is 18.4 Å². The van der Waals surface area contributed by atoms with Crippen LogP contribution in [0.2, 0.25) is 0 Å². The first-order valence-corrected chi connectivity index (χ1v) is 6.29. The Morgan fingerprint density at radius 3 is 2.74 bits per heavy atom. The molecule has 19 heavy (non-hydrogen) atoms. The molecule has 98 valence electrons. The number of benzene rings is 1. The number of rotatable bonds is 2. The third-order valence-electron chi connectivity index (χ3n) is 2.86. The van der Waals surface area contributed by atoms with E-state index in [2.05, 4.69) is 21.2 Å². The molecule has 2 amide bonds. The van der Waals surface area contributed by atoms with Gasteiger partial charge in [-0.15, -0.1) is 0 Å². The lowest BCUT2D eigenvalue weighted by Gasteiger charge is -2.36. The molecular formula is C12H10BrN3O3. The highest BCUT2D eigenvalue weighted by atomic mass is 79.9. The second-order valence-electron chi connectivity index (χ2n) is 4.17. The molecule has 0 radical (unpaired) electrons. The van der Waals surface area contributed by atoms with E-state index in [0.29, 0.717) is 11.3 Å².